The first-order valence-electron chi connectivity index (χ1n) is 8.89. The van der Waals surface area contributed by atoms with Gasteiger partial charge in [-0.25, -0.2) is 0 Å². The molecule has 1 aromatic carbocycles. The summed E-state index contributed by atoms with van der Waals surface area (Å²) in [5.74, 6) is -1.02. The molecule has 0 fully saturated rings. The smallest absolute Gasteiger partial charge is 0.307 e. The summed E-state index contributed by atoms with van der Waals surface area (Å²) >= 11 is 0. The molecule has 6 heteroatoms. The van der Waals surface area contributed by atoms with Crippen LogP contribution in [0.1, 0.15) is 63.9 Å². The normalized spacial score (nSPS) is 12.4. The number of nitrogens with one attached hydrogen (secondary N) is 2. The van der Waals surface area contributed by atoms with Crippen molar-refractivity contribution in [2.75, 3.05) is 6.54 Å². The molecule has 1 unspecified atom stereocenters. The number of hydrogen-bond donors (Lipinski definition) is 2. The highest BCUT2D eigenvalue weighted by molar-refractivity contribution is 5.97. The van der Waals surface area contributed by atoms with E-state index >= 15 is 0 Å². The summed E-state index contributed by atoms with van der Waals surface area (Å²) in [4.78, 5) is 35.7. The van der Waals surface area contributed by atoms with Crippen LogP contribution in [-0.2, 0) is 19.7 Å². The van der Waals surface area contributed by atoms with Crippen LogP contribution in [0.5, 0.6) is 0 Å². The van der Waals surface area contributed by atoms with E-state index in [9.17, 15) is 14.4 Å². The molecule has 0 spiro atoms. The second kappa shape index (κ2) is 9.36. The molecule has 0 aliphatic rings. The van der Waals surface area contributed by atoms with Gasteiger partial charge in [-0.15, -0.1) is 0 Å². The van der Waals surface area contributed by atoms with Crippen molar-refractivity contribution >= 4 is 17.8 Å². The molecule has 0 aliphatic carbocycles. The zero-order valence-electron chi connectivity index (χ0n) is 16.5. The predicted molar refractivity (Wildman–Crippen MR) is 101 cm³/mol. The molecule has 1 atom stereocenters. The van der Waals surface area contributed by atoms with Gasteiger partial charge >= 0.3 is 5.97 Å². The number of ether oxygens (including phenoxy) is 1. The summed E-state index contributed by atoms with van der Waals surface area (Å²) in [6.07, 6.45) is -0.0835. The van der Waals surface area contributed by atoms with E-state index in [1.165, 1.54) is 0 Å². The molecule has 0 radical (unpaired) electrons. The van der Waals surface area contributed by atoms with E-state index in [4.69, 9.17) is 4.74 Å². The molecule has 144 valence electrons. The second-order valence-electron chi connectivity index (χ2n) is 7.60. The summed E-state index contributed by atoms with van der Waals surface area (Å²) in [5.41, 5.74) is 1.64. The zero-order chi connectivity index (χ0) is 19.9. The fraction of sp³-hybridized carbons (Fsp3) is 0.550. The number of amides is 2. The van der Waals surface area contributed by atoms with Gasteiger partial charge in [-0.1, -0.05) is 32.9 Å². The molecule has 26 heavy (non-hydrogen) atoms. The summed E-state index contributed by atoms with van der Waals surface area (Å²) < 4.78 is 4.99. The fourth-order valence-corrected chi connectivity index (χ4v) is 2.23. The molecule has 1 aromatic rings. The lowest BCUT2D eigenvalue weighted by Gasteiger charge is -2.19. The highest BCUT2D eigenvalue weighted by atomic mass is 16.5. The van der Waals surface area contributed by atoms with Gasteiger partial charge in [0, 0.05) is 12.1 Å². The average molecular weight is 362 g/mol. The molecular weight excluding hydrogens is 332 g/mol. The maximum absolute atomic E-state index is 12.3. The summed E-state index contributed by atoms with van der Waals surface area (Å²) in [6, 6.07) is 6.64. The Morgan fingerprint density at radius 3 is 2.12 bits per heavy atom. The molecule has 1 rings (SSSR count). The highest BCUT2D eigenvalue weighted by Crippen LogP contribution is 2.22. The number of esters is 1. The molecule has 2 amide bonds. The van der Waals surface area contributed by atoms with Gasteiger partial charge in [0.1, 0.15) is 6.04 Å². The van der Waals surface area contributed by atoms with Crippen LogP contribution in [0.4, 0.5) is 0 Å². The van der Waals surface area contributed by atoms with Gasteiger partial charge in [-0.3, -0.25) is 14.4 Å². The van der Waals surface area contributed by atoms with Gasteiger partial charge in [0.15, 0.2) is 0 Å². The molecule has 6 nitrogen and oxygen atoms in total. The van der Waals surface area contributed by atoms with Crippen LogP contribution in [0.15, 0.2) is 24.3 Å². The summed E-state index contributed by atoms with van der Waals surface area (Å²) in [6.45, 7) is 11.6. The average Bonchev–Trinajstić information content (AvgIpc) is 2.53. The summed E-state index contributed by atoms with van der Waals surface area (Å²) in [5, 5.41) is 5.28. The van der Waals surface area contributed by atoms with Gasteiger partial charge in [0.2, 0.25) is 5.91 Å². The highest BCUT2D eigenvalue weighted by Gasteiger charge is 2.18. The number of rotatable bonds is 7. The monoisotopic (exact) mass is 362 g/mol. The first kappa shape index (κ1) is 21.7. The molecule has 0 aromatic heterocycles. The van der Waals surface area contributed by atoms with Crippen molar-refractivity contribution < 1.29 is 19.1 Å². The van der Waals surface area contributed by atoms with E-state index in [1.54, 1.807) is 32.9 Å². The molecular formula is C20H30N2O4. The van der Waals surface area contributed by atoms with Gasteiger partial charge in [0.05, 0.1) is 12.5 Å². The molecule has 0 heterocycles. The lowest BCUT2D eigenvalue weighted by molar-refractivity contribution is -0.147. The minimum absolute atomic E-state index is 0.0128. The number of carbonyl (C=O) groups excluding carboxylic acids is 3. The Hall–Kier alpha value is -2.37. The number of hydrogen-bond acceptors (Lipinski definition) is 4. The van der Waals surface area contributed by atoms with E-state index in [-0.39, 0.29) is 42.3 Å². The third-order valence-electron chi connectivity index (χ3n) is 3.75. The van der Waals surface area contributed by atoms with Gasteiger partial charge < -0.3 is 15.4 Å². The Balaban J connectivity index is 2.48. The van der Waals surface area contributed by atoms with Crippen LogP contribution in [0.25, 0.3) is 0 Å². The molecule has 0 saturated heterocycles. The van der Waals surface area contributed by atoms with Crippen LogP contribution >= 0.6 is 0 Å². The van der Waals surface area contributed by atoms with Crippen LogP contribution in [0.2, 0.25) is 0 Å². The minimum Gasteiger partial charge on any atom is -0.463 e. The Bertz CT molecular complexity index is 630. The van der Waals surface area contributed by atoms with E-state index in [2.05, 4.69) is 31.4 Å². The van der Waals surface area contributed by atoms with E-state index in [1.807, 2.05) is 12.1 Å². The van der Waals surface area contributed by atoms with Crippen molar-refractivity contribution in [3.05, 3.63) is 35.4 Å². The van der Waals surface area contributed by atoms with Crippen molar-refractivity contribution in [1.29, 1.82) is 0 Å². The number of benzene rings is 1. The quantitative estimate of drug-likeness (QED) is 0.730. The van der Waals surface area contributed by atoms with Crippen molar-refractivity contribution in [1.82, 2.24) is 10.6 Å². The minimum atomic E-state index is -0.703. The van der Waals surface area contributed by atoms with Crippen LogP contribution in [0, 0.1) is 0 Å². The van der Waals surface area contributed by atoms with Crippen LogP contribution in [-0.4, -0.2) is 36.5 Å². The third-order valence-corrected chi connectivity index (χ3v) is 3.75. The van der Waals surface area contributed by atoms with Crippen molar-refractivity contribution in [3.63, 3.8) is 0 Å². The lowest BCUT2D eigenvalue weighted by Crippen LogP contribution is -2.45. The maximum Gasteiger partial charge on any atom is 0.307 e. The molecule has 0 saturated carbocycles. The zero-order valence-corrected chi connectivity index (χ0v) is 16.5. The molecule has 0 aliphatic heterocycles. The summed E-state index contributed by atoms with van der Waals surface area (Å²) in [7, 11) is 0. The molecule has 0 bridgehead atoms. The Morgan fingerprint density at radius 1 is 1.04 bits per heavy atom. The second-order valence-corrected chi connectivity index (χ2v) is 7.60. The van der Waals surface area contributed by atoms with Crippen LogP contribution < -0.4 is 10.6 Å². The SMILES string of the molecule is CC(C)OC(=O)CCNC(=O)C(C)NC(=O)c1ccc(C(C)(C)C)cc1. The van der Waals surface area contributed by atoms with Crippen molar-refractivity contribution in [2.45, 2.75) is 65.5 Å². The standard InChI is InChI=1S/C20H30N2O4/c1-13(2)26-17(23)11-12-21-18(24)14(3)22-19(25)15-7-9-16(10-8-15)20(4,5)6/h7-10,13-14H,11-12H2,1-6H3,(H,21,24)(H,22,25). The van der Waals surface area contributed by atoms with E-state index < -0.39 is 6.04 Å². The number of carbonyl (C=O) groups is 3. The fourth-order valence-electron chi connectivity index (χ4n) is 2.23. The van der Waals surface area contributed by atoms with E-state index in [0.29, 0.717) is 5.56 Å². The van der Waals surface area contributed by atoms with Crippen LogP contribution in [0.3, 0.4) is 0 Å². The maximum atomic E-state index is 12.3. The van der Waals surface area contributed by atoms with Crippen molar-refractivity contribution in [3.8, 4) is 0 Å². The van der Waals surface area contributed by atoms with Gasteiger partial charge in [-0.2, -0.15) is 0 Å². The predicted octanol–water partition coefficient (Wildman–Crippen LogP) is 2.56. The van der Waals surface area contributed by atoms with E-state index in [0.717, 1.165) is 5.56 Å². The topological polar surface area (TPSA) is 84.5 Å². The largest absolute Gasteiger partial charge is 0.463 e. The van der Waals surface area contributed by atoms with Gasteiger partial charge in [0.25, 0.3) is 5.91 Å². The first-order valence-corrected chi connectivity index (χ1v) is 8.89. The van der Waals surface area contributed by atoms with Gasteiger partial charge in [-0.05, 0) is 43.9 Å². The first-order chi connectivity index (χ1) is 12.0. The lowest BCUT2D eigenvalue weighted by atomic mass is 9.86. The Labute approximate surface area is 155 Å². The van der Waals surface area contributed by atoms with Crippen molar-refractivity contribution in [2.24, 2.45) is 0 Å². The third kappa shape index (κ3) is 7.25. The Morgan fingerprint density at radius 2 is 1.62 bits per heavy atom. The Kier molecular flexibility index (Phi) is 7.80. The molecule has 2 N–H and O–H groups in total.